The second kappa shape index (κ2) is 9.67. The number of nitrogens with zero attached hydrogens (tertiary/aromatic N) is 1. The lowest BCUT2D eigenvalue weighted by Gasteiger charge is -2.30. The zero-order valence-corrected chi connectivity index (χ0v) is 15.4. The van der Waals surface area contributed by atoms with Crippen molar-refractivity contribution in [3.05, 3.63) is 29.8 Å². The summed E-state index contributed by atoms with van der Waals surface area (Å²) in [5.41, 5.74) is 1.14. The second-order valence-corrected chi connectivity index (χ2v) is 7.00. The first-order valence-corrected chi connectivity index (χ1v) is 9.32. The largest absolute Gasteiger partial charge is 0.481 e. The van der Waals surface area contributed by atoms with Gasteiger partial charge in [0.05, 0.1) is 0 Å². The molecule has 0 radical (unpaired) electrons. The maximum Gasteiger partial charge on any atom is 0.261 e. The number of hydrogen-bond donors (Lipinski definition) is 1. The van der Waals surface area contributed by atoms with Crippen molar-refractivity contribution in [2.24, 2.45) is 5.92 Å². The highest BCUT2D eigenvalue weighted by Crippen LogP contribution is 2.16. The minimum Gasteiger partial charge on any atom is -0.481 e. The Kier molecular flexibility index (Phi) is 7.57. The summed E-state index contributed by atoms with van der Waals surface area (Å²) in [6.45, 7) is 10.5. The van der Waals surface area contributed by atoms with E-state index < -0.39 is 6.10 Å². The number of rotatable bonds is 8. The zero-order valence-electron chi connectivity index (χ0n) is 15.4. The Morgan fingerprint density at radius 3 is 2.79 bits per heavy atom. The van der Waals surface area contributed by atoms with E-state index in [9.17, 15) is 4.79 Å². The molecule has 0 aliphatic carbocycles. The van der Waals surface area contributed by atoms with Crippen LogP contribution in [0.3, 0.4) is 0 Å². The van der Waals surface area contributed by atoms with Crippen LogP contribution < -0.4 is 10.1 Å². The Morgan fingerprint density at radius 2 is 2.12 bits per heavy atom. The van der Waals surface area contributed by atoms with Gasteiger partial charge in [-0.15, -0.1) is 0 Å². The number of benzene rings is 1. The molecule has 1 N–H and O–H groups in total. The molecule has 0 bridgehead atoms. The summed E-state index contributed by atoms with van der Waals surface area (Å²) in [5, 5.41) is 3.03. The van der Waals surface area contributed by atoms with Crippen LogP contribution in [0.2, 0.25) is 0 Å². The van der Waals surface area contributed by atoms with Crippen molar-refractivity contribution in [3.8, 4) is 5.75 Å². The molecule has 0 spiro atoms. The van der Waals surface area contributed by atoms with Gasteiger partial charge in [-0.25, -0.2) is 0 Å². The molecule has 1 saturated heterocycles. The van der Waals surface area contributed by atoms with Crippen LogP contribution in [0.15, 0.2) is 24.3 Å². The molecule has 1 amide bonds. The highest BCUT2D eigenvalue weighted by Gasteiger charge is 2.18. The standard InChI is InChI=1S/C20H32N2O2/c1-4-19(24-18-8-5-7-17(3)15-18)20(23)21-11-6-12-22-13-9-16(2)10-14-22/h5,7-8,15-16,19H,4,6,9-14H2,1-3H3,(H,21,23)/t19-/m0/s1. The van der Waals surface area contributed by atoms with Gasteiger partial charge in [-0.3, -0.25) is 4.79 Å². The van der Waals surface area contributed by atoms with E-state index in [1.54, 1.807) is 0 Å². The number of carbonyl (C=O) groups is 1. The normalized spacial score (nSPS) is 17.5. The molecule has 2 rings (SSSR count). The van der Waals surface area contributed by atoms with Crippen LogP contribution in [0.5, 0.6) is 5.75 Å². The van der Waals surface area contributed by atoms with Gasteiger partial charge < -0.3 is 15.0 Å². The van der Waals surface area contributed by atoms with E-state index >= 15 is 0 Å². The number of ether oxygens (including phenoxy) is 1. The lowest BCUT2D eigenvalue weighted by Crippen LogP contribution is -2.40. The Labute approximate surface area is 146 Å². The van der Waals surface area contributed by atoms with Gasteiger partial charge >= 0.3 is 0 Å². The summed E-state index contributed by atoms with van der Waals surface area (Å²) < 4.78 is 5.84. The first kappa shape index (κ1) is 18.8. The average molecular weight is 332 g/mol. The summed E-state index contributed by atoms with van der Waals surface area (Å²) in [4.78, 5) is 14.8. The predicted octanol–water partition coefficient (Wildman–Crippen LogP) is 3.39. The van der Waals surface area contributed by atoms with Gasteiger partial charge in [0.1, 0.15) is 5.75 Å². The van der Waals surface area contributed by atoms with E-state index in [-0.39, 0.29) is 5.91 Å². The van der Waals surface area contributed by atoms with Crippen molar-refractivity contribution in [3.63, 3.8) is 0 Å². The Balaban J connectivity index is 1.68. The van der Waals surface area contributed by atoms with Gasteiger partial charge in [0.2, 0.25) is 0 Å². The second-order valence-electron chi connectivity index (χ2n) is 7.00. The SMILES string of the molecule is CC[C@H](Oc1cccc(C)c1)C(=O)NCCCN1CCC(C)CC1. The summed E-state index contributed by atoms with van der Waals surface area (Å²) >= 11 is 0. The highest BCUT2D eigenvalue weighted by atomic mass is 16.5. The predicted molar refractivity (Wildman–Crippen MR) is 98.4 cm³/mol. The van der Waals surface area contributed by atoms with Crippen LogP contribution in [-0.4, -0.2) is 43.1 Å². The van der Waals surface area contributed by atoms with E-state index in [2.05, 4.69) is 17.1 Å². The molecule has 0 unspecified atom stereocenters. The molecule has 1 fully saturated rings. The van der Waals surface area contributed by atoms with Crippen molar-refractivity contribution >= 4 is 5.91 Å². The molecule has 1 aromatic carbocycles. The van der Waals surface area contributed by atoms with Crippen LogP contribution in [0.4, 0.5) is 0 Å². The lowest BCUT2D eigenvalue weighted by molar-refractivity contribution is -0.128. The third-order valence-electron chi connectivity index (χ3n) is 4.76. The topological polar surface area (TPSA) is 41.6 Å². The third kappa shape index (κ3) is 6.16. The van der Waals surface area contributed by atoms with Crippen LogP contribution in [0, 0.1) is 12.8 Å². The molecule has 0 saturated carbocycles. The Morgan fingerprint density at radius 1 is 1.38 bits per heavy atom. The number of carbonyl (C=O) groups excluding carboxylic acids is 1. The van der Waals surface area contributed by atoms with Crippen molar-refractivity contribution in [1.29, 1.82) is 0 Å². The van der Waals surface area contributed by atoms with Crippen LogP contribution in [0.25, 0.3) is 0 Å². The average Bonchev–Trinajstić information content (AvgIpc) is 2.58. The fourth-order valence-corrected chi connectivity index (χ4v) is 3.09. The number of nitrogens with one attached hydrogen (secondary N) is 1. The Hall–Kier alpha value is -1.55. The van der Waals surface area contributed by atoms with E-state index in [0.717, 1.165) is 36.7 Å². The molecule has 1 aliphatic heterocycles. The number of aryl methyl sites for hydroxylation is 1. The number of likely N-dealkylation sites (tertiary alicyclic amines) is 1. The van der Waals surface area contributed by atoms with Gasteiger partial charge in [0.25, 0.3) is 5.91 Å². The highest BCUT2D eigenvalue weighted by molar-refractivity contribution is 5.81. The quantitative estimate of drug-likeness (QED) is 0.742. The molecule has 1 atom stereocenters. The van der Waals surface area contributed by atoms with E-state index in [0.29, 0.717) is 6.42 Å². The summed E-state index contributed by atoms with van der Waals surface area (Å²) in [6.07, 6.45) is 3.86. The van der Waals surface area contributed by atoms with E-state index in [1.165, 1.54) is 25.9 Å². The molecule has 4 nitrogen and oxygen atoms in total. The van der Waals surface area contributed by atoms with Gasteiger partial charge in [-0.05, 0) is 75.9 Å². The van der Waals surface area contributed by atoms with Crippen LogP contribution in [0.1, 0.15) is 45.1 Å². The van der Waals surface area contributed by atoms with Crippen molar-refractivity contribution in [2.45, 2.75) is 52.6 Å². The molecule has 1 aliphatic rings. The van der Waals surface area contributed by atoms with Crippen molar-refractivity contribution in [2.75, 3.05) is 26.2 Å². The summed E-state index contributed by atoms with van der Waals surface area (Å²) in [5.74, 6) is 1.62. The summed E-state index contributed by atoms with van der Waals surface area (Å²) in [7, 11) is 0. The minimum atomic E-state index is -0.414. The number of piperidine rings is 1. The van der Waals surface area contributed by atoms with E-state index in [4.69, 9.17) is 4.74 Å². The van der Waals surface area contributed by atoms with Crippen molar-refractivity contribution in [1.82, 2.24) is 10.2 Å². The first-order valence-electron chi connectivity index (χ1n) is 9.32. The van der Waals surface area contributed by atoms with Gasteiger partial charge in [0.15, 0.2) is 6.10 Å². The Bertz CT molecular complexity index is 510. The van der Waals surface area contributed by atoms with Gasteiger partial charge in [-0.1, -0.05) is 26.0 Å². The maximum atomic E-state index is 12.3. The van der Waals surface area contributed by atoms with Crippen LogP contribution >= 0.6 is 0 Å². The number of hydrogen-bond acceptors (Lipinski definition) is 3. The van der Waals surface area contributed by atoms with Crippen molar-refractivity contribution < 1.29 is 9.53 Å². The molecule has 24 heavy (non-hydrogen) atoms. The molecule has 0 aromatic heterocycles. The molecular formula is C20H32N2O2. The monoisotopic (exact) mass is 332 g/mol. The fraction of sp³-hybridized carbons (Fsp3) is 0.650. The van der Waals surface area contributed by atoms with Gasteiger partial charge in [-0.2, -0.15) is 0 Å². The summed E-state index contributed by atoms with van der Waals surface area (Å²) in [6, 6.07) is 7.84. The number of amides is 1. The smallest absolute Gasteiger partial charge is 0.261 e. The fourth-order valence-electron chi connectivity index (χ4n) is 3.09. The molecule has 4 heteroatoms. The lowest BCUT2D eigenvalue weighted by atomic mass is 9.99. The minimum absolute atomic E-state index is 0.00808. The molecule has 134 valence electrons. The van der Waals surface area contributed by atoms with Crippen LogP contribution in [-0.2, 0) is 4.79 Å². The molecular weight excluding hydrogens is 300 g/mol. The molecule has 1 heterocycles. The molecule has 1 aromatic rings. The zero-order chi connectivity index (χ0) is 17.4. The maximum absolute atomic E-state index is 12.3. The third-order valence-corrected chi connectivity index (χ3v) is 4.76. The van der Waals surface area contributed by atoms with Gasteiger partial charge in [0, 0.05) is 6.54 Å². The first-order chi connectivity index (χ1) is 11.6. The van der Waals surface area contributed by atoms with E-state index in [1.807, 2.05) is 38.1 Å².